The lowest BCUT2D eigenvalue weighted by Crippen LogP contribution is -1.89. The maximum absolute atomic E-state index is 10.1. The van der Waals surface area contributed by atoms with Gasteiger partial charge in [-0.15, -0.1) is 0 Å². The van der Waals surface area contributed by atoms with Crippen LogP contribution in [0.3, 0.4) is 0 Å². The van der Waals surface area contributed by atoms with Gasteiger partial charge in [0.15, 0.2) is 0 Å². The van der Waals surface area contributed by atoms with Gasteiger partial charge in [-0.1, -0.05) is 37.1 Å². The zero-order chi connectivity index (χ0) is 9.40. The molecule has 0 unspecified atom stereocenters. The number of carbonyl (C=O) groups is 1. The lowest BCUT2D eigenvalue weighted by Gasteiger charge is -1.90. The molecule has 0 aliphatic carbocycles. The summed E-state index contributed by atoms with van der Waals surface area (Å²) in [4.78, 5) is 10.1. The largest absolute Gasteiger partial charge is 0.481 e. The third-order valence-electron chi connectivity index (χ3n) is 1.43. The molecule has 0 saturated heterocycles. The third-order valence-corrected chi connectivity index (χ3v) is 1.43. The van der Waals surface area contributed by atoms with Crippen molar-refractivity contribution in [2.45, 2.75) is 33.1 Å². The topological polar surface area (TPSA) is 37.3 Å². The molecule has 2 heteroatoms. The molecule has 12 heavy (non-hydrogen) atoms. The standard InChI is InChI=1S/C10H16O2/c1-3-4-6-9(2)7-5-8-10(11)12/h5-7H,3-4,8H2,1-2H3,(H,11,12)/b7-5?,9-6+. The van der Waals surface area contributed by atoms with Crippen LogP contribution in [0.1, 0.15) is 33.1 Å². The fraction of sp³-hybridized carbons (Fsp3) is 0.500. The molecular formula is C10H16O2. The average Bonchev–Trinajstić information content (AvgIpc) is 2.00. The Morgan fingerprint density at radius 1 is 1.50 bits per heavy atom. The molecule has 68 valence electrons. The molecule has 0 saturated carbocycles. The number of hydrogen-bond donors (Lipinski definition) is 1. The third kappa shape index (κ3) is 7.06. The van der Waals surface area contributed by atoms with Gasteiger partial charge in [0.2, 0.25) is 0 Å². The number of allylic oxidation sites excluding steroid dienone is 3. The van der Waals surface area contributed by atoms with Crippen molar-refractivity contribution >= 4 is 5.97 Å². The maximum Gasteiger partial charge on any atom is 0.307 e. The van der Waals surface area contributed by atoms with Gasteiger partial charge >= 0.3 is 5.97 Å². The van der Waals surface area contributed by atoms with E-state index in [2.05, 4.69) is 13.0 Å². The molecule has 0 aromatic rings. The molecule has 0 aliphatic heterocycles. The summed E-state index contributed by atoms with van der Waals surface area (Å²) in [6, 6.07) is 0. The predicted octanol–water partition coefficient (Wildman–Crippen LogP) is 2.76. The summed E-state index contributed by atoms with van der Waals surface area (Å²) in [5, 5.41) is 8.33. The van der Waals surface area contributed by atoms with Gasteiger partial charge in [-0.25, -0.2) is 0 Å². The van der Waals surface area contributed by atoms with Gasteiger partial charge in [-0.2, -0.15) is 0 Å². The number of unbranched alkanes of at least 4 members (excludes halogenated alkanes) is 1. The highest BCUT2D eigenvalue weighted by molar-refractivity contribution is 5.68. The van der Waals surface area contributed by atoms with Crippen LogP contribution < -0.4 is 0 Å². The zero-order valence-corrected chi connectivity index (χ0v) is 7.71. The zero-order valence-electron chi connectivity index (χ0n) is 7.71. The first-order chi connectivity index (χ1) is 5.66. The fourth-order valence-electron chi connectivity index (χ4n) is 0.786. The van der Waals surface area contributed by atoms with Gasteiger partial charge in [0.25, 0.3) is 0 Å². The Balaban J connectivity index is 3.74. The Kier molecular flexibility index (Phi) is 6.07. The normalized spacial score (nSPS) is 12.3. The smallest absolute Gasteiger partial charge is 0.307 e. The van der Waals surface area contributed by atoms with Crippen LogP contribution in [0.15, 0.2) is 23.8 Å². The molecule has 0 atom stereocenters. The molecule has 0 fully saturated rings. The molecule has 0 bridgehead atoms. The summed E-state index contributed by atoms with van der Waals surface area (Å²) < 4.78 is 0. The van der Waals surface area contributed by atoms with E-state index in [1.165, 1.54) is 0 Å². The second kappa shape index (κ2) is 6.65. The van der Waals surface area contributed by atoms with Crippen molar-refractivity contribution < 1.29 is 9.90 Å². The highest BCUT2D eigenvalue weighted by Crippen LogP contribution is 2.00. The van der Waals surface area contributed by atoms with E-state index in [-0.39, 0.29) is 6.42 Å². The Morgan fingerprint density at radius 2 is 2.17 bits per heavy atom. The van der Waals surface area contributed by atoms with E-state index in [9.17, 15) is 4.79 Å². The molecular weight excluding hydrogens is 152 g/mol. The molecule has 0 spiro atoms. The van der Waals surface area contributed by atoms with E-state index < -0.39 is 5.97 Å². The molecule has 0 aliphatic rings. The number of carboxylic acids is 1. The summed E-state index contributed by atoms with van der Waals surface area (Å²) >= 11 is 0. The SMILES string of the molecule is CCC/C=C(\C)C=CCC(=O)O. The van der Waals surface area contributed by atoms with Gasteiger partial charge in [0.05, 0.1) is 6.42 Å². The molecule has 1 N–H and O–H groups in total. The van der Waals surface area contributed by atoms with Crippen LogP contribution in [0.5, 0.6) is 0 Å². The molecule has 0 amide bonds. The van der Waals surface area contributed by atoms with Gasteiger partial charge < -0.3 is 5.11 Å². The Bertz CT molecular complexity index is 190. The van der Waals surface area contributed by atoms with E-state index >= 15 is 0 Å². The van der Waals surface area contributed by atoms with E-state index in [4.69, 9.17) is 5.11 Å². The molecule has 0 rings (SSSR count). The van der Waals surface area contributed by atoms with E-state index in [0.29, 0.717) is 0 Å². The number of rotatable bonds is 5. The van der Waals surface area contributed by atoms with Gasteiger partial charge in [-0.3, -0.25) is 4.79 Å². The Hall–Kier alpha value is -1.05. The van der Waals surface area contributed by atoms with Crippen LogP contribution >= 0.6 is 0 Å². The number of aliphatic carboxylic acids is 1. The minimum absolute atomic E-state index is 0.108. The van der Waals surface area contributed by atoms with Gasteiger partial charge in [0.1, 0.15) is 0 Å². The van der Waals surface area contributed by atoms with Gasteiger partial charge in [0, 0.05) is 0 Å². The highest BCUT2D eigenvalue weighted by atomic mass is 16.4. The maximum atomic E-state index is 10.1. The first-order valence-electron chi connectivity index (χ1n) is 4.22. The first kappa shape index (κ1) is 11.0. The van der Waals surface area contributed by atoms with Crippen molar-refractivity contribution in [2.24, 2.45) is 0 Å². The van der Waals surface area contributed by atoms with E-state index in [1.807, 2.05) is 13.0 Å². The minimum Gasteiger partial charge on any atom is -0.481 e. The predicted molar refractivity (Wildman–Crippen MR) is 50.1 cm³/mol. The summed E-state index contributed by atoms with van der Waals surface area (Å²) in [6.45, 7) is 4.10. The average molecular weight is 168 g/mol. The van der Waals surface area contributed by atoms with Crippen molar-refractivity contribution in [3.05, 3.63) is 23.8 Å². The van der Waals surface area contributed by atoms with Crippen LogP contribution in [0, 0.1) is 0 Å². The van der Waals surface area contributed by atoms with E-state index in [0.717, 1.165) is 18.4 Å². The monoisotopic (exact) mass is 168 g/mol. The van der Waals surface area contributed by atoms with Crippen molar-refractivity contribution in [1.82, 2.24) is 0 Å². The first-order valence-corrected chi connectivity index (χ1v) is 4.22. The Morgan fingerprint density at radius 3 is 2.67 bits per heavy atom. The molecule has 0 radical (unpaired) electrons. The minimum atomic E-state index is -0.783. The molecule has 0 heterocycles. The summed E-state index contributed by atoms with van der Waals surface area (Å²) in [7, 11) is 0. The van der Waals surface area contributed by atoms with Crippen LogP contribution in [-0.4, -0.2) is 11.1 Å². The van der Waals surface area contributed by atoms with Crippen molar-refractivity contribution in [2.75, 3.05) is 0 Å². The second-order valence-corrected chi connectivity index (χ2v) is 2.74. The van der Waals surface area contributed by atoms with E-state index in [1.54, 1.807) is 6.08 Å². The van der Waals surface area contributed by atoms with Crippen molar-refractivity contribution in [1.29, 1.82) is 0 Å². The number of hydrogen-bond acceptors (Lipinski definition) is 1. The quantitative estimate of drug-likeness (QED) is 0.641. The lowest BCUT2D eigenvalue weighted by atomic mass is 10.2. The molecule has 0 aromatic carbocycles. The summed E-state index contributed by atoms with van der Waals surface area (Å²) in [6.07, 6.45) is 7.93. The van der Waals surface area contributed by atoms with Crippen LogP contribution in [0.25, 0.3) is 0 Å². The lowest BCUT2D eigenvalue weighted by molar-refractivity contribution is -0.135. The fourth-order valence-corrected chi connectivity index (χ4v) is 0.786. The molecule has 2 nitrogen and oxygen atoms in total. The summed E-state index contributed by atoms with van der Waals surface area (Å²) in [5.41, 5.74) is 1.14. The van der Waals surface area contributed by atoms with Crippen molar-refractivity contribution in [3.63, 3.8) is 0 Å². The second-order valence-electron chi connectivity index (χ2n) is 2.74. The molecule has 0 aromatic heterocycles. The highest BCUT2D eigenvalue weighted by Gasteiger charge is 1.88. The van der Waals surface area contributed by atoms with Crippen LogP contribution in [0.4, 0.5) is 0 Å². The van der Waals surface area contributed by atoms with Crippen LogP contribution in [0.2, 0.25) is 0 Å². The van der Waals surface area contributed by atoms with Crippen LogP contribution in [-0.2, 0) is 4.79 Å². The number of carboxylic acid groups (broad SMARTS) is 1. The van der Waals surface area contributed by atoms with Crippen molar-refractivity contribution in [3.8, 4) is 0 Å². The summed E-state index contributed by atoms with van der Waals surface area (Å²) in [5.74, 6) is -0.783. The van der Waals surface area contributed by atoms with Gasteiger partial charge in [-0.05, 0) is 13.3 Å². The Labute approximate surface area is 73.6 Å².